The highest BCUT2D eigenvalue weighted by atomic mass is 35.5. The number of aryl methyl sites for hydroxylation is 1. The van der Waals surface area contributed by atoms with Crippen LogP contribution >= 0.6 is 22.9 Å². The SMILES string of the molecule is Cc1ccc(COc2ccc(/C=N\Nc3nc(-c4ccc(Cl)cc4)cs3)cc2)cc1. The first-order valence-electron chi connectivity index (χ1n) is 9.45. The quantitative estimate of drug-likeness (QED) is 0.257. The minimum atomic E-state index is 0.551. The van der Waals surface area contributed by atoms with Gasteiger partial charge in [0.05, 0.1) is 11.9 Å². The van der Waals surface area contributed by atoms with Crippen molar-refractivity contribution in [1.29, 1.82) is 0 Å². The smallest absolute Gasteiger partial charge is 0.203 e. The van der Waals surface area contributed by atoms with Gasteiger partial charge in [0.15, 0.2) is 0 Å². The second-order valence-electron chi connectivity index (χ2n) is 6.76. The number of nitrogens with zero attached hydrogens (tertiary/aromatic N) is 2. The van der Waals surface area contributed by atoms with Crippen molar-refractivity contribution in [3.63, 3.8) is 0 Å². The number of hydrogen-bond donors (Lipinski definition) is 1. The molecule has 0 spiro atoms. The summed E-state index contributed by atoms with van der Waals surface area (Å²) < 4.78 is 5.84. The number of nitrogens with one attached hydrogen (secondary N) is 1. The molecule has 0 aliphatic carbocycles. The molecule has 0 saturated heterocycles. The van der Waals surface area contributed by atoms with Crippen LogP contribution in [0.5, 0.6) is 5.75 Å². The average molecular weight is 434 g/mol. The van der Waals surface area contributed by atoms with Gasteiger partial charge in [0.25, 0.3) is 0 Å². The number of rotatable bonds is 7. The van der Waals surface area contributed by atoms with Gasteiger partial charge in [-0.1, -0.05) is 53.6 Å². The van der Waals surface area contributed by atoms with Crippen molar-refractivity contribution in [3.8, 4) is 17.0 Å². The van der Waals surface area contributed by atoms with E-state index in [0.29, 0.717) is 11.6 Å². The van der Waals surface area contributed by atoms with Crippen LogP contribution in [0.2, 0.25) is 5.02 Å². The Morgan fingerprint density at radius 2 is 1.73 bits per heavy atom. The highest BCUT2D eigenvalue weighted by molar-refractivity contribution is 7.14. The van der Waals surface area contributed by atoms with Crippen LogP contribution in [0.3, 0.4) is 0 Å². The number of thiazole rings is 1. The number of hydrogen-bond acceptors (Lipinski definition) is 5. The van der Waals surface area contributed by atoms with Gasteiger partial charge in [0.2, 0.25) is 5.13 Å². The maximum atomic E-state index is 5.93. The van der Waals surface area contributed by atoms with Gasteiger partial charge in [-0.3, -0.25) is 5.43 Å². The van der Waals surface area contributed by atoms with Crippen LogP contribution in [0.15, 0.2) is 83.3 Å². The summed E-state index contributed by atoms with van der Waals surface area (Å²) in [5, 5.41) is 7.71. The van der Waals surface area contributed by atoms with E-state index in [1.54, 1.807) is 6.21 Å². The molecule has 1 N–H and O–H groups in total. The lowest BCUT2D eigenvalue weighted by molar-refractivity contribution is 0.306. The van der Waals surface area contributed by atoms with Gasteiger partial charge in [-0.15, -0.1) is 11.3 Å². The Bertz CT molecular complexity index is 1120. The predicted octanol–water partition coefficient (Wildman–Crippen LogP) is 6.80. The van der Waals surface area contributed by atoms with Crippen LogP contribution in [-0.2, 0) is 6.61 Å². The molecule has 6 heteroatoms. The second-order valence-corrected chi connectivity index (χ2v) is 8.05. The molecule has 0 unspecified atom stereocenters. The fourth-order valence-corrected chi connectivity index (χ4v) is 3.54. The Labute approximate surface area is 184 Å². The van der Waals surface area contributed by atoms with Crippen LogP contribution in [0, 0.1) is 6.92 Å². The Balaban J connectivity index is 1.30. The summed E-state index contributed by atoms with van der Waals surface area (Å²) in [7, 11) is 0. The average Bonchev–Trinajstić information content (AvgIpc) is 3.24. The van der Waals surface area contributed by atoms with Crippen LogP contribution in [0.1, 0.15) is 16.7 Å². The number of ether oxygens (including phenoxy) is 1. The van der Waals surface area contributed by atoms with Crippen LogP contribution in [0.4, 0.5) is 5.13 Å². The summed E-state index contributed by atoms with van der Waals surface area (Å²) in [6.45, 7) is 2.63. The molecule has 1 aromatic heterocycles. The van der Waals surface area contributed by atoms with Crippen molar-refractivity contribution in [2.75, 3.05) is 5.43 Å². The molecule has 0 aliphatic rings. The molecule has 1 heterocycles. The van der Waals surface area contributed by atoms with Crippen molar-refractivity contribution >= 4 is 34.3 Å². The number of benzene rings is 3. The predicted molar refractivity (Wildman–Crippen MR) is 126 cm³/mol. The maximum Gasteiger partial charge on any atom is 0.203 e. The van der Waals surface area contributed by atoms with Gasteiger partial charge >= 0.3 is 0 Å². The molecule has 0 atom stereocenters. The van der Waals surface area contributed by atoms with E-state index < -0.39 is 0 Å². The lowest BCUT2D eigenvalue weighted by Crippen LogP contribution is -1.95. The molecule has 0 fully saturated rings. The first-order chi connectivity index (χ1) is 14.7. The minimum absolute atomic E-state index is 0.551. The molecular weight excluding hydrogens is 414 g/mol. The fraction of sp³-hybridized carbons (Fsp3) is 0.0833. The lowest BCUT2D eigenvalue weighted by Gasteiger charge is -2.06. The maximum absolute atomic E-state index is 5.93. The highest BCUT2D eigenvalue weighted by Gasteiger charge is 2.04. The van der Waals surface area contributed by atoms with Crippen molar-refractivity contribution in [3.05, 3.63) is 99.9 Å². The molecule has 0 radical (unpaired) electrons. The molecule has 0 bridgehead atoms. The Kier molecular flexibility index (Phi) is 6.42. The van der Waals surface area contributed by atoms with Gasteiger partial charge in [0, 0.05) is 16.0 Å². The summed E-state index contributed by atoms with van der Waals surface area (Å²) in [6.07, 6.45) is 1.76. The molecule has 4 rings (SSSR count). The zero-order valence-corrected chi connectivity index (χ0v) is 18.0. The zero-order chi connectivity index (χ0) is 20.8. The van der Waals surface area contributed by atoms with Gasteiger partial charge in [-0.2, -0.15) is 5.10 Å². The standard InChI is InChI=1S/C24H20ClN3OS/c1-17-2-4-19(5-3-17)15-29-22-12-6-18(7-13-22)14-26-28-24-27-23(16-30-24)20-8-10-21(25)11-9-20/h2-14,16H,15H2,1H3,(H,27,28)/b26-14-. The Morgan fingerprint density at radius 3 is 2.47 bits per heavy atom. The summed E-state index contributed by atoms with van der Waals surface area (Å²) >= 11 is 7.44. The van der Waals surface area contributed by atoms with Gasteiger partial charge in [-0.05, 0) is 54.4 Å². The molecule has 4 nitrogen and oxygen atoms in total. The van der Waals surface area contributed by atoms with Crippen LogP contribution < -0.4 is 10.2 Å². The van der Waals surface area contributed by atoms with Crippen molar-refractivity contribution in [1.82, 2.24) is 4.98 Å². The molecule has 4 aromatic rings. The van der Waals surface area contributed by atoms with Crippen molar-refractivity contribution in [2.24, 2.45) is 5.10 Å². The van der Waals surface area contributed by atoms with Gasteiger partial charge < -0.3 is 4.74 Å². The molecule has 30 heavy (non-hydrogen) atoms. The summed E-state index contributed by atoms with van der Waals surface area (Å²) in [5.74, 6) is 0.827. The lowest BCUT2D eigenvalue weighted by atomic mass is 10.2. The third-order valence-corrected chi connectivity index (χ3v) is 5.42. The van der Waals surface area contributed by atoms with Crippen LogP contribution in [0.25, 0.3) is 11.3 Å². The Morgan fingerprint density at radius 1 is 1.00 bits per heavy atom. The third-order valence-electron chi connectivity index (χ3n) is 4.42. The summed E-state index contributed by atoms with van der Waals surface area (Å²) in [5.41, 5.74) is 8.26. The second kappa shape index (κ2) is 9.57. The van der Waals surface area contributed by atoms with Crippen LogP contribution in [-0.4, -0.2) is 11.2 Å². The first-order valence-corrected chi connectivity index (χ1v) is 10.7. The topological polar surface area (TPSA) is 46.5 Å². The first kappa shape index (κ1) is 20.1. The van der Waals surface area contributed by atoms with Gasteiger partial charge in [-0.25, -0.2) is 4.98 Å². The molecule has 0 aliphatic heterocycles. The molecule has 0 amide bonds. The van der Waals surface area contributed by atoms with Gasteiger partial charge in [0.1, 0.15) is 12.4 Å². The largest absolute Gasteiger partial charge is 0.489 e. The van der Waals surface area contributed by atoms with E-state index in [0.717, 1.165) is 33.3 Å². The monoisotopic (exact) mass is 433 g/mol. The number of anilines is 1. The number of hydrazone groups is 1. The molecule has 150 valence electrons. The third kappa shape index (κ3) is 5.47. The molecule has 3 aromatic carbocycles. The van der Waals surface area contributed by atoms with E-state index in [9.17, 15) is 0 Å². The Hall–Kier alpha value is -3.15. The van der Waals surface area contributed by atoms with E-state index in [1.165, 1.54) is 16.9 Å². The van der Waals surface area contributed by atoms with Crippen molar-refractivity contribution < 1.29 is 4.74 Å². The van der Waals surface area contributed by atoms with E-state index in [4.69, 9.17) is 16.3 Å². The van der Waals surface area contributed by atoms with E-state index in [2.05, 4.69) is 46.7 Å². The van der Waals surface area contributed by atoms with E-state index >= 15 is 0 Å². The summed E-state index contributed by atoms with van der Waals surface area (Å²) in [6, 6.07) is 23.8. The number of halogens is 1. The summed E-state index contributed by atoms with van der Waals surface area (Å²) in [4.78, 5) is 4.54. The van der Waals surface area contributed by atoms with Crippen molar-refractivity contribution in [2.45, 2.75) is 13.5 Å². The normalized spacial score (nSPS) is 11.0. The van der Waals surface area contributed by atoms with E-state index in [-0.39, 0.29) is 0 Å². The number of aromatic nitrogens is 1. The molecular formula is C24H20ClN3OS. The highest BCUT2D eigenvalue weighted by Crippen LogP contribution is 2.26. The van der Waals surface area contributed by atoms with E-state index in [1.807, 2.05) is 53.9 Å². The zero-order valence-electron chi connectivity index (χ0n) is 16.4. The fourth-order valence-electron chi connectivity index (χ4n) is 2.74. The molecule has 0 saturated carbocycles. The minimum Gasteiger partial charge on any atom is -0.489 e.